The third-order valence-corrected chi connectivity index (χ3v) is 7.34. The number of nitrogens with one attached hydrogen (secondary N) is 1. The fraction of sp³-hybridized carbons (Fsp3) is 0.722. The van der Waals surface area contributed by atoms with E-state index in [0.29, 0.717) is 11.6 Å². The van der Waals surface area contributed by atoms with Gasteiger partial charge in [0.2, 0.25) is 10.0 Å². The highest BCUT2D eigenvalue weighted by atomic mass is 79.9. The fourth-order valence-electron chi connectivity index (χ4n) is 3.41. The highest BCUT2D eigenvalue weighted by molar-refractivity contribution is 9.10. The molecule has 148 valence electrons. The average Bonchev–Trinajstić information content (AvgIpc) is 2.89. The quantitative estimate of drug-likeness (QED) is 0.646. The van der Waals surface area contributed by atoms with E-state index in [1.54, 1.807) is 19.9 Å². The SMILES string of the molecule is COC(=O)C(C)(C)CNS(=O)(=O)c1cc(Br)n(CC2CCCCC2)c1C. The predicted molar refractivity (Wildman–Crippen MR) is 104 cm³/mol. The van der Waals surface area contributed by atoms with Crippen molar-refractivity contribution < 1.29 is 17.9 Å². The molecular formula is C18H29BrN2O4S. The van der Waals surface area contributed by atoms with Crippen LogP contribution in [-0.2, 0) is 26.1 Å². The second-order valence-electron chi connectivity index (χ2n) is 7.73. The van der Waals surface area contributed by atoms with Crippen LogP contribution < -0.4 is 4.72 Å². The summed E-state index contributed by atoms with van der Waals surface area (Å²) in [6.07, 6.45) is 6.17. The van der Waals surface area contributed by atoms with Gasteiger partial charge in [-0.1, -0.05) is 19.3 Å². The number of aromatic nitrogens is 1. The van der Waals surface area contributed by atoms with E-state index in [-0.39, 0.29) is 11.4 Å². The Morgan fingerprint density at radius 2 is 1.96 bits per heavy atom. The van der Waals surface area contributed by atoms with Crippen molar-refractivity contribution in [2.45, 2.75) is 64.3 Å². The molecule has 1 aromatic rings. The van der Waals surface area contributed by atoms with Gasteiger partial charge in [-0.2, -0.15) is 0 Å². The molecule has 2 rings (SSSR count). The van der Waals surface area contributed by atoms with E-state index in [1.807, 2.05) is 11.5 Å². The number of halogens is 1. The van der Waals surface area contributed by atoms with Crippen LogP contribution in [0.25, 0.3) is 0 Å². The zero-order chi connectivity index (χ0) is 19.5. The summed E-state index contributed by atoms with van der Waals surface area (Å²) in [5.74, 6) is 0.140. The molecule has 1 saturated carbocycles. The molecule has 0 aliphatic heterocycles. The molecule has 0 aromatic carbocycles. The molecule has 1 aliphatic rings. The van der Waals surface area contributed by atoms with E-state index < -0.39 is 21.4 Å². The molecule has 0 spiro atoms. The maximum absolute atomic E-state index is 12.8. The lowest BCUT2D eigenvalue weighted by Crippen LogP contribution is -2.39. The summed E-state index contributed by atoms with van der Waals surface area (Å²) in [4.78, 5) is 12.0. The van der Waals surface area contributed by atoms with Crippen molar-refractivity contribution in [3.05, 3.63) is 16.4 Å². The number of carbonyl (C=O) groups is 1. The highest BCUT2D eigenvalue weighted by Crippen LogP contribution is 2.30. The number of ether oxygens (including phenoxy) is 1. The normalized spacial score (nSPS) is 16.7. The van der Waals surface area contributed by atoms with E-state index in [2.05, 4.69) is 20.7 Å². The Morgan fingerprint density at radius 1 is 1.35 bits per heavy atom. The lowest BCUT2D eigenvalue weighted by atomic mass is 9.89. The predicted octanol–water partition coefficient (Wildman–Crippen LogP) is 3.62. The molecule has 1 aliphatic carbocycles. The minimum absolute atomic E-state index is 0.0210. The Labute approximate surface area is 164 Å². The Balaban J connectivity index is 2.16. The Morgan fingerprint density at radius 3 is 2.54 bits per heavy atom. The highest BCUT2D eigenvalue weighted by Gasteiger charge is 2.32. The van der Waals surface area contributed by atoms with Gasteiger partial charge in [0, 0.05) is 18.8 Å². The van der Waals surface area contributed by atoms with Crippen molar-refractivity contribution in [1.82, 2.24) is 9.29 Å². The first-order valence-electron chi connectivity index (χ1n) is 9.02. The van der Waals surface area contributed by atoms with Crippen LogP contribution in [-0.4, -0.2) is 32.6 Å². The lowest BCUT2D eigenvalue weighted by molar-refractivity contribution is -0.150. The largest absolute Gasteiger partial charge is 0.469 e. The molecule has 0 radical (unpaired) electrons. The van der Waals surface area contributed by atoms with Crippen LogP contribution in [0.3, 0.4) is 0 Å². The van der Waals surface area contributed by atoms with E-state index in [9.17, 15) is 13.2 Å². The Kier molecular flexibility index (Phi) is 6.96. The minimum atomic E-state index is -3.72. The molecule has 1 aromatic heterocycles. The molecule has 26 heavy (non-hydrogen) atoms. The van der Waals surface area contributed by atoms with E-state index in [0.717, 1.165) is 11.1 Å². The first-order chi connectivity index (χ1) is 12.1. The summed E-state index contributed by atoms with van der Waals surface area (Å²) in [5.41, 5.74) is -0.219. The maximum atomic E-state index is 12.8. The summed E-state index contributed by atoms with van der Waals surface area (Å²) >= 11 is 3.51. The number of esters is 1. The third kappa shape index (κ3) is 4.89. The smallest absolute Gasteiger partial charge is 0.312 e. The molecule has 1 heterocycles. The summed E-state index contributed by atoms with van der Waals surface area (Å²) in [6.45, 7) is 5.94. The molecule has 0 saturated heterocycles. The standard InChI is InChI=1S/C18H29BrN2O4S/c1-13-15(26(23,24)20-12-18(2,3)17(22)25-4)10-16(19)21(13)11-14-8-6-5-7-9-14/h10,14,20H,5-9,11-12H2,1-4H3. The molecule has 8 heteroatoms. The molecule has 0 amide bonds. The molecule has 0 unspecified atom stereocenters. The number of hydrogen-bond donors (Lipinski definition) is 1. The van der Waals surface area contributed by atoms with Gasteiger partial charge < -0.3 is 9.30 Å². The van der Waals surface area contributed by atoms with Crippen LogP contribution >= 0.6 is 15.9 Å². The van der Waals surface area contributed by atoms with Gasteiger partial charge in [-0.15, -0.1) is 0 Å². The number of nitrogens with zero attached hydrogens (tertiary/aromatic N) is 1. The number of hydrogen-bond acceptors (Lipinski definition) is 4. The monoisotopic (exact) mass is 448 g/mol. The molecule has 0 bridgehead atoms. The van der Waals surface area contributed by atoms with Gasteiger partial charge in [-0.05, 0) is 61.5 Å². The average molecular weight is 449 g/mol. The van der Waals surface area contributed by atoms with Crippen LogP contribution in [0.5, 0.6) is 0 Å². The van der Waals surface area contributed by atoms with Crippen LogP contribution in [0.4, 0.5) is 0 Å². The van der Waals surface area contributed by atoms with E-state index >= 15 is 0 Å². The number of methoxy groups -OCH3 is 1. The van der Waals surface area contributed by atoms with Gasteiger partial charge >= 0.3 is 5.97 Å². The number of rotatable bonds is 7. The van der Waals surface area contributed by atoms with Gasteiger partial charge in [0.05, 0.1) is 17.1 Å². The first-order valence-corrected chi connectivity index (χ1v) is 11.3. The Hall–Kier alpha value is -0.860. The second-order valence-corrected chi connectivity index (χ2v) is 10.3. The molecule has 6 nitrogen and oxygen atoms in total. The molecule has 1 fully saturated rings. The summed E-state index contributed by atoms with van der Waals surface area (Å²) < 4.78 is 35.6. The van der Waals surface area contributed by atoms with Crippen LogP contribution in [0.1, 0.15) is 51.6 Å². The molecule has 1 N–H and O–H groups in total. The molecule has 0 atom stereocenters. The minimum Gasteiger partial charge on any atom is -0.469 e. The zero-order valence-electron chi connectivity index (χ0n) is 16.0. The van der Waals surface area contributed by atoms with E-state index in [1.165, 1.54) is 39.2 Å². The van der Waals surface area contributed by atoms with E-state index in [4.69, 9.17) is 4.74 Å². The van der Waals surface area contributed by atoms with Crippen molar-refractivity contribution in [3.8, 4) is 0 Å². The van der Waals surface area contributed by atoms with Gasteiger partial charge in [-0.25, -0.2) is 13.1 Å². The van der Waals surface area contributed by atoms with Crippen molar-refractivity contribution in [1.29, 1.82) is 0 Å². The Bertz CT molecular complexity index is 749. The van der Waals surface area contributed by atoms with Gasteiger partial charge in [0.25, 0.3) is 0 Å². The topological polar surface area (TPSA) is 77.4 Å². The summed E-state index contributed by atoms with van der Waals surface area (Å²) in [6, 6.07) is 1.64. The van der Waals surface area contributed by atoms with Crippen LogP contribution in [0.2, 0.25) is 0 Å². The van der Waals surface area contributed by atoms with Crippen molar-refractivity contribution >= 4 is 31.9 Å². The zero-order valence-corrected chi connectivity index (χ0v) is 18.4. The second kappa shape index (κ2) is 8.44. The first kappa shape index (κ1) is 21.4. The van der Waals surface area contributed by atoms with Gasteiger partial charge in [0.1, 0.15) is 4.90 Å². The van der Waals surface area contributed by atoms with Gasteiger partial charge in [-0.3, -0.25) is 4.79 Å². The maximum Gasteiger partial charge on any atom is 0.312 e. The van der Waals surface area contributed by atoms with Crippen molar-refractivity contribution in [3.63, 3.8) is 0 Å². The summed E-state index contributed by atoms with van der Waals surface area (Å²) in [5, 5.41) is 0. The molecular weight excluding hydrogens is 420 g/mol. The number of carbonyl (C=O) groups excluding carboxylic acids is 1. The summed E-state index contributed by atoms with van der Waals surface area (Å²) in [7, 11) is -2.42. The lowest BCUT2D eigenvalue weighted by Gasteiger charge is -2.23. The van der Waals surface area contributed by atoms with Gasteiger partial charge in [0.15, 0.2) is 0 Å². The van der Waals surface area contributed by atoms with Crippen LogP contribution in [0.15, 0.2) is 15.6 Å². The van der Waals surface area contributed by atoms with Crippen molar-refractivity contribution in [2.24, 2.45) is 11.3 Å². The van der Waals surface area contributed by atoms with Crippen molar-refractivity contribution in [2.75, 3.05) is 13.7 Å². The number of sulfonamides is 1. The third-order valence-electron chi connectivity index (χ3n) is 5.17. The van der Waals surface area contributed by atoms with Crippen LogP contribution in [0, 0.1) is 18.3 Å². The fourth-order valence-corrected chi connectivity index (χ4v) is 5.67.